The zero-order valence-electron chi connectivity index (χ0n) is 16.9. The Hall–Kier alpha value is -2.60. The van der Waals surface area contributed by atoms with E-state index < -0.39 is 11.7 Å². The Bertz CT molecular complexity index is 1030. The molecule has 0 radical (unpaired) electrons. The van der Waals surface area contributed by atoms with Crippen molar-refractivity contribution in [2.45, 2.75) is 38.6 Å². The summed E-state index contributed by atoms with van der Waals surface area (Å²) in [6.45, 7) is 6.44. The molecule has 2 heterocycles. The first-order valence-corrected chi connectivity index (χ1v) is 10.4. The molecule has 4 rings (SSSR count). The quantitative estimate of drug-likeness (QED) is 0.588. The SMILES string of the molecule is CC1CC(C)(C)N(C)c2cc(F)c(/C=C3/SC(=O)N(c4ccccc4)C3=O)cc21. The average molecular weight is 411 g/mol. The van der Waals surface area contributed by atoms with E-state index in [0.717, 1.165) is 34.3 Å². The Morgan fingerprint density at radius 3 is 2.55 bits per heavy atom. The summed E-state index contributed by atoms with van der Waals surface area (Å²) in [5.41, 5.74) is 2.73. The Morgan fingerprint density at radius 2 is 1.86 bits per heavy atom. The number of carbonyl (C=O) groups is 2. The van der Waals surface area contributed by atoms with E-state index in [1.165, 1.54) is 6.08 Å². The van der Waals surface area contributed by atoms with Crippen LogP contribution in [0.4, 0.5) is 20.6 Å². The molecule has 0 saturated carbocycles. The second-order valence-corrected chi connectivity index (χ2v) is 9.26. The molecule has 150 valence electrons. The molecule has 0 bridgehead atoms. The maximum atomic E-state index is 14.9. The minimum atomic E-state index is -0.422. The van der Waals surface area contributed by atoms with Gasteiger partial charge in [0.2, 0.25) is 0 Å². The van der Waals surface area contributed by atoms with Crippen molar-refractivity contribution in [1.29, 1.82) is 0 Å². The van der Waals surface area contributed by atoms with Gasteiger partial charge in [0.15, 0.2) is 0 Å². The van der Waals surface area contributed by atoms with Gasteiger partial charge in [0.25, 0.3) is 11.1 Å². The van der Waals surface area contributed by atoms with Crippen LogP contribution in [0, 0.1) is 5.82 Å². The lowest BCUT2D eigenvalue weighted by atomic mass is 9.80. The molecule has 0 spiro atoms. The second kappa shape index (κ2) is 7.02. The van der Waals surface area contributed by atoms with Gasteiger partial charge in [0.1, 0.15) is 5.82 Å². The van der Waals surface area contributed by atoms with Crippen molar-refractivity contribution in [1.82, 2.24) is 0 Å². The van der Waals surface area contributed by atoms with Gasteiger partial charge in [-0.15, -0.1) is 0 Å². The highest BCUT2D eigenvalue weighted by atomic mass is 32.2. The van der Waals surface area contributed by atoms with Crippen molar-refractivity contribution < 1.29 is 14.0 Å². The van der Waals surface area contributed by atoms with Crippen LogP contribution in [-0.4, -0.2) is 23.7 Å². The maximum absolute atomic E-state index is 14.9. The first-order valence-electron chi connectivity index (χ1n) is 9.59. The maximum Gasteiger partial charge on any atom is 0.298 e. The molecule has 0 aliphatic carbocycles. The summed E-state index contributed by atoms with van der Waals surface area (Å²) in [5.74, 6) is -0.551. The number of carbonyl (C=O) groups excluding carboxylic acids is 2. The van der Waals surface area contributed by atoms with Crippen molar-refractivity contribution in [2.24, 2.45) is 0 Å². The Labute approximate surface area is 174 Å². The van der Waals surface area contributed by atoms with Crippen LogP contribution in [0.15, 0.2) is 47.4 Å². The molecular formula is C23H23FN2O2S. The number of anilines is 2. The molecule has 1 atom stereocenters. The van der Waals surface area contributed by atoms with Crippen LogP contribution in [0.3, 0.4) is 0 Å². The molecule has 2 aliphatic rings. The van der Waals surface area contributed by atoms with Gasteiger partial charge in [-0.05, 0) is 73.9 Å². The van der Waals surface area contributed by atoms with Crippen LogP contribution < -0.4 is 9.80 Å². The summed E-state index contributed by atoms with van der Waals surface area (Å²) in [6.07, 6.45) is 2.45. The fourth-order valence-corrected chi connectivity index (χ4v) is 4.96. The number of benzene rings is 2. The zero-order chi connectivity index (χ0) is 20.9. The molecular weight excluding hydrogens is 387 g/mol. The monoisotopic (exact) mass is 410 g/mol. The molecule has 2 aliphatic heterocycles. The van der Waals surface area contributed by atoms with E-state index >= 15 is 0 Å². The van der Waals surface area contributed by atoms with Gasteiger partial charge in [0, 0.05) is 23.8 Å². The number of thioether (sulfide) groups is 1. The van der Waals surface area contributed by atoms with Crippen LogP contribution in [0.25, 0.3) is 6.08 Å². The van der Waals surface area contributed by atoms with Gasteiger partial charge in [-0.25, -0.2) is 9.29 Å². The first kappa shape index (κ1) is 19.7. The van der Waals surface area contributed by atoms with Gasteiger partial charge in [-0.2, -0.15) is 0 Å². The molecule has 0 aromatic heterocycles. The van der Waals surface area contributed by atoms with Crippen LogP contribution in [0.1, 0.15) is 44.2 Å². The van der Waals surface area contributed by atoms with E-state index in [9.17, 15) is 14.0 Å². The third-order valence-electron chi connectivity index (χ3n) is 5.85. The normalized spacial score (nSPS) is 22.4. The van der Waals surface area contributed by atoms with E-state index in [-0.39, 0.29) is 21.6 Å². The summed E-state index contributed by atoms with van der Waals surface area (Å²) < 4.78 is 14.9. The fraction of sp³-hybridized carbons (Fsp3) is 0.304. The number of amides is 2. The molecule has 4 nitrogen and oxygen atoms in total. The molecule has 2 aromatic rings. The van der Waals surface area contributed by atoms with Crippen molar-refractivity contribution in [3.05, 3.63) is 64.3 Å². The van der Waals surface area contributed by atoms with Gasteiger partial charge in [-0.1, -0.05) is 25.1 Å². The molecule has 0 N–H and O–H groups in total. The number of halogens is 1. The number of nitrogens with zero attached hydrogens (tertiary/aromatic N) is 2. The predicted molar refractivity (Wildman–Crippen MR) is 117 cm³/mol. The van der Waals surface area contributed by atoms with Crippen LogP contribution in [-0.2, 0) is 4.79 Å². The number of hydrogen-bond donors (Lipinski definition) is 0. The lowest BCUT2D eigenvalue weighted by Crippen LogP contribution is -2.45. The summed E-state index contributed by atoms with van der Waals surface area (Å²) >= 11 is 0.840. The van der Waals surface area contributed by atoms with Crippen molar-refractivity contribution in [2.75, 3.05) is 16.8 Å². The minimum Gasteiger partial charge on any atom is -0.369 e. The lowest BCUT2D eigenvalue weighted by molar-refractivity contribution is -0.113. The largest absolute Gasteiger partial charge is 0.369 e. The summed E-state index contributed by atoms with van der Waals surface area (Å²) in [5, 5.41) is -0.374. The molecule has 29 heavy (non-hydrogen) atoms. The smallest absolute Gasteiger partial charge is 0.298 e. The third-order valence-corrected chi connectivity index (χ3v) is 6.72. The van der Waals surface area contributed by atoms with E-state index in [1.54, 1.807) is 30.3 Å². The zero-order valence-corrected chi connectivity index (χ0v) is 17.7. The van der Waals surface area contributed by atoms with E-state index in [2.05, 4.69) is 25.7 Å². The van der Waals surface area contributed by atoms with Crippen LogP contribution in [0.5, 0.6) is 0 Å². The van der Waals surface area contributed by atoms with E-state index in [4.69, 9.17) is 0 Å². The standard InChI is InChI=1S/C23H23FN2O2S/c1-14-13-23(2,3)25(4)19-12-18(24)15(10-17(14)19)11-20-21(27)26(22(28)29-20)16-8-6-5-7-9-16/h5-12,14H,13H2,1-4H3/b20-11+. The number of fused-ring (bicyclic) bond motifs is 1. The van der Waals surface area contributed by atoms with Crippen LogP contribution in [0.2, 0.25) is 0 Å². The molecule has 6 heteroatoms. The van der Waals surface area contributed by atoms with E-state index in [1.807, 2.05) is 19.2 Å². The summed E-state index contributed by atoms with van der Waals surface area (Å²) in [6, 6.07) is 12.1. The van der Waals surface area contributed by atoms with Gasteiger partial charge in [0.05, 0.1) is 10.6 Å². The van der Waals surface area contributed by atoms with Crippen LogP contribution >= 0.6 is 11.8 Å². The summed E-state index contributed by atoms with van der Waals surface area (Å²) in [7, 11) is 1.98. The molecule has 2 amide bonds. The number of rotatable bonds is 2. The topological polar surface area (TPSA) is 40.6 Å². The highest BCUT2D eigenvalue weighted by Crippen LogP contribution is 2.44. The Morgan fingerprint density at radius 1 is 1.17 bits per heavy atom. The average Bonchev–Trinajstić information content (AvgIpc) is 2.95. The fourth-order valence-electron chi connectivity index (χ4n) is 4.12. The predicted octanol–water partition coefficient (Wildman–Crippen LogP) is 5.79. The number of imide groups is 1. The Kier molecular flexibility index (Phi) is 4.77. The van der Waals surface area contributed by atoms with E-state index in [0.29, 0.717) is 11.3 Å². The van der Waals surface area contributed by atoms with Gasteiger partial charge in [-0.3, -0.25) is 9.59 Å². The van der Waals surface area contributed by atoms with Crippen molar-refractivity contribution in [3.63, 3.8) is 0 Å². The number of hydrogen-bond acceptors (Lipinski definition) is 4. The highest BCUT2D eigenvalue weighted by molar-refractivity contribution is 8.19. The first-order chi connectivity index (χ1) is 13.7. The second-order valence-electron chi connectivity index (χ2n) is 8.26. The molecule has 1 fully saturated rings. The van der Waals surface area contributed by atoms with Crippen molar-refractivity contribution in [3.8, 4) is 0 Å². The van der Waals surface area contributed by atoms with Gasteiger partial charge >= 0.3 is 0 Å². The van der Waals surface area contributed by atoms with Gasteiger partial charge < -0.3 is 4.90 Å². The van der Waals surface area contributed by atoms with Crippen molar-refractivity contribution >= 4 is 40.4 Å². The lowest BCUT2D eigenvalue weighted by Gasteiger charge is -2.45. The number of para-hydroxylation sites is 1. The molecule has 2 aromatic carbocycles. The Balaban J connectivity index is 1.72. The summed E-state index contributed by atoms with van der Waals surface area (Å²) in [4.78, 5) is 28.7. The third kappa shape index (κ3) is 3.35. The highest BCUT2D eigenvalue weighted by Gasteiger charge is 2.37. The minimum absolute atomic E-state index is 0.0568. The molecule has 1 saturated heterocycles. The molecule has 1 unspecified atom stereocenters.